The van der Waals surface area contributed by atoms with Crippen LogP contribution >= 0.6 is 11.8 Å². The van der Waals surface area contributed by atoms with Gasteiger partial charge in [-0.2, -0.15) is 16.1 Å². The van der Waals surface area contributed by atoms with Gasteiger partial charge in [0.25, 0.3) is 5.69 Å². The zero-order valence-electron chi connectivity index (χ0n) is 33.3. The van der Waals surface area contributed by atoms with Crippen molar-refractivity contribution in [2.45, 2.75) is 186 Å². The maximum Gasteiger partial charge on any atom is 0.289 e. The van der Waals surface area contributed by atoms with Crippen molar-refractivity contribution in [3.63, 3.8) is 0 Å². The predicted molar refractivity (Wildman–Crippen MR) is 228 cm³/mol. The van der Waals surface area contributed by atoms with E-state index in [0.717, 1.165) is 50.7 Å². The third-order valence-electron chi connectivity index (χ3n) is 9.57. The molecule has 52 heavy (non-hydrogen) atoms. The van der Waals surface area contributed by atoms with Crippen molar-refractivity contribution in [1.82, 2.24) is 4.31 Å². The minimum absolute atomic E-state index is 0.196. The summed E-state index contributed by atoms with van der Waals surface area (Å²) in [5.74, 6) is 1.72. The van der Waals surface area contributed by atoms with Crippen molar-refractivity contribution in [3.05, 3.63) is 70.8 Å². The SMILES string of the molecule is CCCCC/C=C\C/C=C\CCCCCCCCN(CCSCCCCCCCC/C=C\CCCCCCCC)S(=O)(=O)c1ccccc1[N+](=O)[O-]. The fraction of sp³-hybridized carbons (Fsp3) is 0.727. The molecule has 0 radical (unpaired) electrons. The van der Waals surface area contributed by atoms with Gasteiger partial charge in [0.2, 0.25) is 10.0 Å². The third kappa shape index (κ3) is 26.0. The zero-order chi connectivity index (χ0) is 37.8. The van der Waals surface area contributed by atoms with Gasteiger partial charge < -0.3 is 0 Å². The van der Waals surface area contributed by atoms with Gasteiger partial charge in [-0.05, 0) is 82.4 Å². The number of hydrogen-bond donors (Lipinski definition) is 0. The van der Waals surface area contributed by atoms with E-state index in [1.54, 1.807) is 17.8 Å². The van der Waals surface area contributed by atoms with E-state index >= 15 is 0 Å². The highest BCUT2D eigenvalue weighted by Gasteiger charge is 2.30. The van der Waals surface area contributed by atoms with Crippen LogP contribution in [0.15, 0.2) is 65.6 Å². The first-order valence-corrected chi connectivity index (χ1v) is 23.8. The van der Waals surface area contributed by atoms with Crippen LogP contribution in [0, 0.1) is 10.1 Å². The number of nitro groups is 1. The highest BCUT2D eigenvalue weighted by molar-refractivity contribution is 7.99. The number of hydrogen-bond acceptors (Lipinski definition) is 5. The number of nitro benzene ring substituents is 1. The first kappa shape index (κ1) is 48.1. The van der Waals surface area contributed by atoms with E-state index in [2.05, 4.69) is 50.3 Å². The van der Waals surface area contributed by atoms with E-state index in [0.29, 0.717) is 18.8 Å². The molecule has 298 valence electrons. The Kier molecular flexibility index (Phi) is 32.2. The number of nitrogens with zero attached hydrogens (tertiary/aromatic N) is 2. The minimum Gasteiger partial charge on any atom is -0.258 e. The van der Waals surface area contributed by atoms with Crippen LogP contribution in [-0.4, -0.2) is 42.2 Å². The number of para-hydroxylation sites is 1. The second kappa shape index (κ2) is 34.8. The molecule has 0 aliphatic rings. The van der Waals surface area contributed by atoms with Crippen LogP contribution in [0.5, 0.6) is 0 Å². The van der Waals surface area contributed by atoms with Gasteiger partial charge in [-0.3, -0.25) is 10.1 Å². The Morgan fingerprint density at radius 3 is 1.58 bits per heavy atom. The van der Waals surface area contributed by atoms with Crippen LogP contribution in [0.1, 0.15) is 181 Å². The lowest BCUT2D eigenvalue weighted by molar-refractivity contribution is -0.387. The number of allylic oxidation sites excluding steroid dienone is 6. The molecule has 6 nitrogen and oxygen atoms in total. The maximum absolute atomic E-state index is 13.7. The largest absolute Gasteiger partial charge is 0.289 e. The molecular formula is C44H76N2O4S2. The second-order valence-electron chi connectivity index (χ2n) is 14.3. The standard InChI is InChI=1S/C44H76N2O4S2/c1-3-5-7-9-11-13-15-17-19-21-23-25-27-29-31-35-39-45(52(49,50)44-38-34-33-37-43(44)46(47)48)40-42-51-41-36-32-30-28-26-24-22-20-18-16-14-12-10-8-6-4-2/h11,13,17-20,33-34,37-38H,3-10,12,14-16,21-32,35-36,39-42H2,1-2H3/b13-11-,19-17-,20-18-. The van der Waals surface area contributed by atoms with Gasteiger partial charge in [-0.25, -0.2) is 8.42 Å². The molecule has 1 rings (SSSR count). The number of thioether (sulfide) groups is 1. The van der Waals surface area contributed by atoms with Gasteiger partial charge >= 0.3 is 0 Å². The second-order valence-corrected chi connectivity index (χ2v) is 17.4. The summed E-state index contributed by atoms with van der Waals surface area (Å²) in [5.41, 5.74) is -0.346. The summed E-state index contributed by atoms with van der Waals surface area (Å²) in [6, 6.07) is 5.75. The molecule has 0 heterocycles. The summed E-state index contributed by atoms with van der Waals surface area (Å²) in [4.78, 5) is 10.9. The molecule has 0 amide bonds. The van der Waals surface area contributed by atoms with Gasteiger partial charge in [-0.15, -0.1) is 0 Å². The Hall–Kier alpha value is -1.90. The fourth-order valence-corrected chi connectivity index (χ4v) is 9.03. The van der Waals surface area contributed by atoms with Crippen LogP contribution < -0.4 is 0 Å². The molecule has 8 heteroatoms. The molecule has 0 unspecified atom stereocenters. The molecule has 0 saturated carbocycles. The smallest absolute Gasteiger partial charge is 0.258 e. The average molecular weight is 761 g/mol. The summed E-state index contributed by atoms with van der Waals surface area (Å²) in [6.45, 7) is 5.28. The van der Waals surface area contributed by atoms with Crippen LogP contribution in [0.2, 0.25) is 0 Å². The van der Waals surface area contributed by atoms with Gasteiger partial charge in [0, 0.05) is 24.9 Å². The monoisotopic (exact) mass is 761 g/mol. The summed E-state index contributed by atoms with van der Waals surface area (Å²) < 4.78 is 28.8. The molecule has 0 aliphatic carbocycles. The Labute approximate surface area is 325 Å². The van der Waals surface area contributed by atoms with E-state index < -0.39 is 14.9 Å². The van der Waals surface area contributed by atoms with Gasteiger partial charge in [-0.1, -0.05) is 159 Å². The summed E-state index contributed by atoms with van der Waals surface area (Å²) in [5, 5.41) is 11.7. The Bertz CT molecular complexity index is 1180. The molecule has 0 aliphatic heterocycles. The molecule has 0 spiro atoms. The topological polar surface area (TPSA) is 80.5 Å². The van der Waals surface area contributed by atoms with Crippen molar-refractivity contribution >= 4 is 27.5 Å². The third-order valence-corrected chi connectivity index (χ3v) is 12.6. The Morgan fingerprint density at radius 1 is 0.577 bits per heavy atom. The minimum atomic E-state index is -3.96. The van der Waals surface area contributed by atoms with Crippen molar-refractivity contribution in [2.75, 3.05) is 24.6 Å². The highest BCUT2D eigenvalue weighted by atomic mass is 32.2. The fourth-order valence-electron chi connectivity index (χ4n) is 6.31. The average Bonchev–Trinajstić information content (AvgIpc) is 3.14. The lowest BCUT2D eigenvalue weighted by atomic mass is 10.1. The summed E-state index contributed by atoms with van der Waals surface area (Å²) in [6.07, 6.45) is 45.5. The van der Waals surface area contributed by atoms with Crippen LogP contribution in [-0.2, 0) is 10.0 Å². The molecule has 0 atom stereocenters. The van der Waals surface area contributed by atoms with Gasteiger partial charge in [0.1, 0.15) is 0 Å². The molecule has 1 aromatic carbocycles. The first-order valence-electron chi connectivity index (χ1n) is 21.2. The molecule has 0 aromatic heterocycles. The zero-order valence-corrected chi connectivity index (χ0v) is 35.0. The van der Waals surface area contributed by atoms with Gasteiger partial charge in [0.15, 0.2) is 4.90 Å². The van der Waals surface area contributed by atoms with Crippen LogP contribution in [0.4, 0.5) is 5.69 Å². The van der Waals surface area contributed by atoms with E-state index in [4.69, 9.17) is 0 Å². The van der Waals surface area contributed by atoms with Gasteiger partial charge in [0.05, 0.1) is 4.92 Å². The van der Waals surface area contributed by atoms with E-state index in [1.165, 1.54) is 144 Å². The summed E-state index contributed by atoms with van der Waals surface area (Å²) in [7, 11) is -3.96. The van der Waals surface area contributed by atoms with E-state index in [9.17, 15) is 18.5 Å². The quantitative estimate of drug-likeness (QED) is 0.0292. The molecule has 0 fully saturated rings. The van der Waals surface area contributed by atoms with Crippen molar-refractivity contribution < 1.29 is 13.3 Å². The van der Waals surface area contributed by atoms with Crippen molar-refractivity contribution in [2.24, 2.45) is 0 Å². The Balaban J connectivity index is 2.31. The number of unbranched alkanes of at least 4 members (excludes halogenated alkanes) is 21. The number of rotatable bonds is 37. The molecule has 0 saturated heterocycles. The highest BCUT2D eigenvalue weighted by Crippen LogP contribution is 2.27. The lowest BCUT2D eigenvalue weighted by Gasteiger charge is -2.22. The molecular weight excluding hydrogens is 685 g/mol. The molecule has 0 N–H and O–H groups in total. The normalized spacial score (nSPS) is 12.4. The number of sulfonamides is 1. The van der Waals surface area contributed by atoms with Crippen molar-refractivity contribution in [1.29, 1.82) is 0 Å². The first-order chi connectivity index (χ1) is 25.4. The maximum atomic E-state index is 13.7. The van der Waals surface area contributed by atoms with E-state index in [-0.39, 0.29) is 10.6 Å². The van der Waals surface area contributed by atoms with Crippen LogP contribution in [0.25, 0.3) is 0 Å². The summed E-state index contributed by atoms with van der Waals surface area (Å²) >= 11 is 1.80. The predicted octanol–water partition coefficient (Wildman–Crippen LogP) is 14.2. The van der Waals surface area contributed by atoms with Crippen LogP contribution in [0.3, 0.4) is 0 Å². The van der Waals surface area contributed by atoms with E-state index in [1.807, 2.05) is 0 Å². The van der Waals surface area contributed by atoms with Crippen molar-refractivity contribution in [3.8, 4) is 0 Å². The number of benzene rings is 1. The molecule has 0 bridgehead atoms. The lowest BCUT2D eigenvalue weighted by Crippen LogP contribution is -2.34. The Morgan fingerprint density at radius 2 is 1.02 bits per heavy atom. The molecule has 1 aromatic rings.